The number of sulfonamides is 1. The Bertz CT molecular complexity index is 836. The molecule has 0 aliphatic carbocycles. The van der Waals surface area contributed by atoms with Crippen molar-refractivity contribution in [3.8, 4) is 11.5 Å². The summed E-state index contributed by atoms with van der Waals surface area (Å²) in [5.74, 6) is 0.826. The number of benzene rings is 2. The van der Waals surface area contributed by atoms with Crippen molar-refractivity contribution in [1.82, 2.24) is 4.72 Å². The van der Waals surface area contributed by atoms with Crippen molar-refractivity contribution >= 4 is 10.0 Å². The normalized spacial score (nSPS) is 20.1. The molecule has 3 rings (SSSR count). The Morgan fingerprint density at radius 3 is 2.71 bits per heavy atom. The molecule has 24 heavy (non-hydrogen) atoms. The predicted octanol–water partition coefficient (Wildman–Crippen LogP) is 1.64. The fourth-order valence-corrected chi connectivity index (χ4v) is 4.02. The second-order valence-corrected chi connectivity index (χ2v) is 7.34. The molecule has 0 aromatic heterocycles. The molecular weight excluding hydrogens is 330 g/mol. The standard InChI is InChI=1S/C17H19NO5S/c1-22-15-8-4-5-9-16(15)24(20,21)18-12-17(19)10-11-23-14-7-3-2-6-13(14)17/h2-9,18-19H,10-12H2,1H3. The molecule has 1 aliphatic heterocycles. The highest BCUT2D eigenvalue weighted by atomic mass is 32.2. The van der Waals surface area contributed by atoms with E-state index >= 15 is 0 Å². The van der Waals surface area contributed by atoms with Crippen LogP contribution in [0.3, 0.4) is 0 Å². The Morgan fingerprint density at radius 1 is 1.21 bits per heavy atom. The lowest BCUT2D eigenvalue weighted by molar-refractivity contribution is 0.00218. The third kappa shape index (κ3) is 3.10. The van der Waals surface area contributed by atoms with Gasteiger partial charge in [-0.25, -0.2) is 13.1 Å². The second kappa shape index (κ2) is 6.43. The van der Waals surface area contributed by atoms with E-state index < -0.39 is 15.6 Å². The number of hydrogen-bond donors (Lipinski definition) is 2. The lowest BCUT2D eigenvalue weighted by Gasteiger charge is -2.34. The first kappa shape index (κ1) is 16.8. The summed E-state index contributed by atoms with van der Waals surface area (Å²) in [6, 6.07) is 13.4. The van der Waals surface area contributed by atoms with Gasteiger partial charge in [0.05, 0.1) is 13.7 Å². The summed E-state index contributed by atoms with van der Waals surface area (Å²) in [4.78, 5) is 0.0384. The third-order valence-corrected chi connectivity index (χ3v) is 5.52. The summed E-state index contributed by atoms with van der Waals surface area (Å²) >= 11 is 0. The van der Waals surface area contributed by atoms with E-state index in [4.69, 9.17) is 9.47 Å². The summed E-state index contributed by atoms with van der Waals surface area (Å²) < 4.78 is 38.3. The van der Waals surface area contributed by atoms with Gasteiger partial charge in [0.1, 0.15) is 22.0 Å². The number of methoxy groups -OCH3 is 1. The Balaban J connectivity index is 1.85. The van der Waals surface area contributed by atoms with Crippen molar-refractivity contribution < 1.29 is 23.0 Å². The summed E-state index contributed by atoms with van der Waals surface area (Å²) in [7, 11) is -2.41. The van der Waals surface area contributed by atoms with Crippen LogP contribution < -0.4 is 14.2 Å². The van der Waals surface area contributed by atoms with E-state index in [1.54, 1.807) is 36.4 Å². The van der Waals surface area contributed by atoms with Gasteiger partial charge in [-0.3, -0.25) is 0 Å². The number of nitrogens with one attached hydrogen (secondary N) is 1. The molecule has 1 unspecified atom stereocenters. The fourth-order valence-electron chi connectivity index (χ4n) is 2.76. The van der Waals surface area contributed by atoms with Gasteiger partial charge in [0.2, 0.25) is 10.0 Å². The zero-order valence-electron chi connectivity index (χ0n) is 13.2. The highest BCUT2D eigenvalue weighted by Gasteiger charge is 2.37. The number of fused-ring (bicyclic) bond motifs is 1. The Kier molecular flexibility index (Phi) is 4.49. The predicted molar refractivity (Wildman–Crippen MR) is 88.6 cm³/mol. The first-order valence-corrected chi connectivity index (χ1v) is 9.02. The quantitative estimate of drug-likeness (QED) is 0.857. The molecule has 2 aromatic carbocycles. The van der Waals surface area contributed by atoms with Gasteiger partial charge in [0.25, 0.3) is 0 Å². The molecule has 128 valence electrons. The van der Waals surface area contributed by atoms with Crippen LogP contribution in [-0.4, -0.2) is 33.8 Å². The Morgan fingerprint density at radius 2 is 1.92 bits per heavy atom. The summed E-state index contributed by atoms with van der Waals surface area (Å²) in [6.45, 7) is 0.178. The molecule has 1 heterocycles. The summed E-state index contributed by atoms with van der Waals surface area (Å²) in [6.07, 6.45) is 0.304. The summed E-state index contributed by atoms with van der Waals surface area (Å²) in [5.41, 5.74) is -0.733. The average Bonchev–Trinajstić information content (AvgIpc) is 2.61. The third-order valence-electron chi connectivity index (χ3n) is 4.07. The molecule has 0 amide bonds. The number of rotatable bonds is 5. The summed E-state index contributed by atoms with van der Waals surface area (Å²) in [5, 5.41) is 10.9. The van der Waals surface area contributed by atoms with Crippen LogP contribution >= 0.6 is 0 Å². The fraction of sp³-hybridized carbons (Fsp3) is 0.294. The molecule has 0 saturated carbocycles. The molecule has 2 aromatic rings. The van der Waals surface area contributed by atoms with E-state index in [1.165, 1.54) is 13.2 Å². The maximum atomic E-state index is 12.6. The maximum Gasteiger partial charge on any atom is 0.244 e. The van der Waals surface area contributed by atoms with Crippen LogP contribution in [0.4, 0.5) is 0 Å². The Labute approximate surface area is 141 Å². The number of para-hydroxylation sites is 2. The van der Waals surface area contributed by atoms with E-state index in [1.807, 2.05) is 6.07 Å². The second-order valence-electron chi connectivity index (χ2n) is 5.60. The van der Waals surface area contributed by atoms with Crippen LogP contribution in [0.5, 0.6) is 11.5 Å². The van der Waals surface area contributed by atoms with Crippen molar-refractivity contribution in [2.75, 3.05) is 20.3 Å². The van der Waals surface area contributed by atoms with Crippen LogP contribution in [0.25, 0.3) is 0 Å². The average molecular weight is 349 g/mol. The first-order valence-electron chi connectivity index (χ1n) is 7.54. The van der Waals surface area contributed by atoms with Crippen LogP contribution in [0.2, 0.25) is 0 Å². The van der Waals surface area contributed by atoms with Crippen LogP contribution in [0.1, 0.15) is 12.0 Å². The lowest BCUT2D eigenvalue weighted by Crippen LogP contribution is -2.43. The molecule has 1 aliphatic rings. The smallest absolute Gasteiger partial charge is 0.244 e. The minimum Gasteiger partial charge on any atom is -0.495 e. The van der Waals surface area contributed by atoms with Crippen LogP contribution in [-0.2, 0) is 15.6 Å². The maximum absolute atomic E-state index is 12.6. The molecule has 0 fully saturated rings. The molecule has 0 spiro atoms. The monoisotopic (exact) mass is 349 g/mol. The molecule has 0 saturated heterocycles. The van der Waals surface area contributed by atoms with Crippen molar-refractivity contribution in [2.45, 2.75) is 16.9 Å². The van der Waals surface area contributed by atoms with E-state index in [0.717, 1.165) is 0 Å². The van der Waals surface area contributed by atoms with Crippen LogP contribution in [0.15, 0.2) is 53.4 Å². The van der Waals surface area contributed by atoms with Gasteiger partial charge in [0.15, 0.2) is 0 Å². The molecule has 1 atom stereocenters. The topological polar surface area (TPSA) is 84.9 Å². The first-order chi connectivity index (χ1) is 11.5. The van der Waals surface area contributed by atoms with Crippen molar-refractivity contribution in [1.29, 1.82) is 0 Å². The lowest BCUT2D eigenvalue weighted by atomic mass is 9.88. The van der Waals surface area contributed by atoms with Crippen molar-refractivity contribution in [3.05, 3.63) is 54.1 Å². The van der Waals surface area contributed by atoms with Crippen LogP contribution in [0, 0.1) is 0 Å². The van der Waals surface area contributed by atoms with Gasteiger partial charge in [0, 0.05) is 18.5 Å². The van der Waals surface area contributed by atoms with E-state index in [0.29, 0.717) is 24.3 Å². The van der Waals surface area contributed by atoms with Gasteiger partial charge >= 0.3 is 0 Å². The molecular formula is C17H19NO5S. The van der Waals surface area contributed by atoms with Crippen molar-refractivity contribution in [3.63, 3.8) is 0 Å². The zero-order chi connectivity index (χ0) is 17.2. The SMILES string of the molecule is COc1ccccc1S(=O)(=O)NCC1(O)CCOc2ccccc21. The number of ether oxygens (including phenoxy) is 2. The minimum atomic E-state index is -3.82. The Hall–Kier alpha value is -2.09. The largest absolute Gasteiger partial charge is 0.495 e. The number of hydrogen-bond acceptors (Lipinski definition) is 5. The molecule has 7 heteroatoms. The van der Waals surface area contributed by atoms with Gasteiger partial charge in [-0.1, -0.05) is 30.3 Å². The molecule has 0 bridgehead atoms. The van der Waals surface area contributed by atoms with E-state index in [9.17, 15) is 13.5 Å². The van der Waals surface area contributed by atoms with Gasteiger partial charge in [-0.2, -0.15) is 0 Å². The van der Waals surface area contributed by atoms with E-state index in [2.05, 4.69) is 4.72 Å². The highest BCUT2D eigenvalue weighted by Crippen LogP contribution is 2.36. The number of aliphatic hydroxyl groups is 1. The zero-order valence-corrected chi connectivity index (χ0v) is 14.0. The van der Waals surface area contributed by atoms with E-state index in [-0.39, 0.29) is 17.2 Å². The van der Waals surface area contributed by atoms with Crippen molar-refractivity contribution in [2.24, 2.45) is 0 Å². The molecule has 2 N–H and O–H groups in total. The molecule has 6 nitrogen and oxygen atoms in total. The molecule has 0 radical (unpaired) electrons. The van der Waals surface area contributed by atoms with Gasteiger partial charge in [-0.15, -0.1) is 0 Å². The van der Waals surface area contributed by atoms with Gasteiger partial charge in [-0.05, 0) is 18.2 Å². The highest BCUT2D eigenvalue weighted by molar-refractivity contribution is 7.89. The minimum absolute atomic E-state index is 0.0384. The van der Waals surface area contributed by atoms with Gasteiger partial charge < -0.3 is 14.6 Å².